The van der Waals surface area contributed by atoms with E-state index in [2.05, 4.69) is 31.4 Å². The second-order valence-electron chi connectivity index (χ2n) is 8.26. The molecular formula is C20H32ClN3O3S. The number of piperidine rings is 2. The summed E-state index contributed by atoms with van der Waals surface area (Å²) in [6.07, 6.45) is 3.00. The first-order chi connectivity index (χ1) is 12.8. The molecule has 1 aromatic rings. The Morgan fingerprint density at radius 3 is 2.50 bits per heavy atom. The maximum absolute atomic E-state index is 13.1. The molecule has 28 heavy (non-hydrogen) atoms. The summed E-state index contributed by atoms with van der Waals surface area (Å²) in [6, 6.07) is 6.70. The fourth-order valence-electron chi connectivity index (χ4n) is 4.24. The van der Waals surface area contributed by atoms with Gasteiger partial charge in [0.2, 0.25) is 10.0 Å². The van der Waals surface area contributed by atoms with Crippen molar-refractivity contribution < 1.29 is 13.2 Å². The van der Waals surface area contributed by atoms with Crippen molar-refractivity contribution in [2.45, 2.75) is 57.0 Å². The highest BCUT2D eigenvalue weighted by Gasteiger charge is 2.32. The SMILES string of the molecule is CC1CC(C)CN(S(=O)(=O)c2cccc(C(=O)NC3CCCNC3C)c2)C1.Cl. The summed E-state index contributed by atoms with van der Waals surface area (Å²) in [5.74, 6) is 0.471. The van der Waals surface area contributed by atoms with Gasteiger partial charge in [-0.05, 0) is 62.8 Å². The molecule has 8 heteroatoms. The van der Waals surface area contributed by atoms with Crippen molar-refractivity contribution in [3.63, 3.8) is 0 Å². The van der Waals surface area contributed by atoms with E-state index in [-0.39, 0.29) is 35.3 Å². The van der Waals surface area contributed by atoms with E-state index in [0.717, 1.165) is 25.8 Å². The van der Waals surface area contributed by atoms with Crippen LogP contribution in [0, 0.1) is 11.8 Å². The number of sulfonamides is 1. The van der Waals surface area contributed by atoms with Gasteiger partial charge in [0.05, 0.1) is 4.90 Å². The molecule has 6 nitrogen and oxygen atoms in total. The van der Waals surface area contributed by atoms with Crippen LogP contribution in [0.1, 0.15) is 50.4 Å². The van der Waals surface area contributed by atoms with Gasteiger partial charge in [0.25, 0.3) is 5.91 Å². The van der Waals surface area contributed by atoms with Gasteiger partial charge in [0, 0.05) is 30.7 Å². The molecular weight excluding hydrogens is 398 g/mol. The molecule has 2 heterocycles. The Labute approximate surface area is 174 Å². The number of carbonyl (C=O) groups is 1. The van der Waals surface area contributed by atoms with Crippen molar-refractivity contribution in [1.82, 2.24) is 14.9 Å². The minimum atomic E-state index is -3.59. The van der Waals surface area contributed by atoms with Gasteiger partial charge >= 0.3 is 0 Å². The van der Waals surface area contributed by atoms with Crippen LogP contribution in [0.15, 0.2) is 29.2 Å². The Hall–Kier alpha value is -1.15. The predicted octanol–water partition coefficient (Wildman–Crippen LogP) is 2.65. The molecule has 2 fully saturated rings. The zero-order valence-electron chi connectivity index (χ0n) is 16.8. The average molecular weight is 430 g/mol. The van der Waals surface area contributed by atoms with Crippen molar-refractivity contribution in [3.05, 3.63) is 29.8 Å². The fraction of sp³-hybridized carbons (Fsp3) is 0.650. The predicted molar refractivity (Wildman–Crippen MR) is 113 cm³/mol. The van der Waals surface area contributed by atoms with E-state index in [4.69, 9.17) is 0 Å². The maximum atomic E-state index is 13.1. The van der Waals surface area contributed by atoms with Crippen molar-refractivity contribution in [2.75, 3.05) is 19.6 Å². The Morgan fingerprint density at radius 2 is 1.86 bits per heavy atom. The molecule has 2 N–H and O–H groups in total. The zero-order chi connectivity index (χ0) is 19.6. The molecule has 0 spiro atoms. The molecule has 2 aliphatic heterocycles. The van der Waals surface area contributed by atoms with Crippen LogP contribution in [0.2, 0.25) is 0 Å². The topological polar surface area (TPSA) is 78.5 Å². The molecule has 2 saturated heterocycles. The van der Waals surface area contributed by atoms with Crippen molar-refractivity contribution in [1.29, 1.82) is 0 Å². The third-order valence-corrected chi connectivity index (χ3v) is 7.48. The number of halogens is 1. The molecule has 158 valence electrons. The highest BCUT2D eigenvalue weighted by Crippen LogP contribution is 2.27. The molecule has 0 saturated carbocycles. The van der Waals surface area contributed by atoms with E-state index in [0.29, 0.717) is 30.5 Å². The number of hydrogen-bond acceptors (Lipinski definition) is 4. The van der Waals surface area contributed by atoms with Gasteiger partial charge in [-0.25, -0.2) is 8.42 Å². The second-order valence-corrected chi connectivity index (χ2v) is 10.2. The maximum Gasteiger partial charge on any atom is 0.251 e. The molecule has 1 amide bonds. The Kier molecular flexibility index (Phi) is 7.90. The van der Waals surface area contributed by atoms with E-state index in [1.807, 2.05) is 0 Å². The minimum absolute atomic E-state index is 0. The van der Waals surface area contributed by atoms with Crippen LogP contribution in [-0.4, -0.2) is 50.3 Å². The summed E-state index contributed by atoms with van der Waals surface area (Å²) >= 11 is 0. The lowest BCUT2D eigenvalue weighted by Gasteiger charge is -2.34. The molecule has 1 aromatic carbocycles. The van der Waals surface area contributed by atoms with Crippen molar-refractivity contribution in [2.24, 2.45) is 11.8 Å². The largest absolute Gasteiger partial charge is 0.348 e. The Bertz CT molecular complexity index is 777. The number of carbonyl (C=O) groups excluding carboxylic acids is 1. The van der Waals surface area contributed by atoms with E-state index in [1.165, 1.54) is 6.07 Å². The number of rotatable bonds is 4. The molecule has 0 bridgehead atoms. The smallest absolute Gasteiger partial charge is 0.251 e. The van der Waals surface area contributed by atoms with Crippen LogP contribution < -0.4 is 10.6 Å². The normalized spacial score (nSPS) is 29.0. The van der Waals surface area contributed by atoms with Crippen LogP contribution in [0.3, 0.4) is 0 Å². The van der Waals surface area contributed by atoms with Gasteiger partial charge in [-0.15, -0.1) is 12.4 Å². The van der Waals surface area contributed by atoms with Gasteiger partial charge in [0.15, 0.2) is 0 Å². The van der Waals surface area contributed by atoms with Crippen molar-refractivity contribution >= 4 is 28.3 Å². The third-order valence-electron chi connectivity index (χ3n) is 5.65. The molecule has 0 aliphatic carbocycles. The van der Waals surface area contributed by atoms with Crippen LogP contribution >= 0.6 is 12.4 Å². The molecule has 0 aromatic heterocycles. The van der Waals surface area contributed by atoms with E-state index >= 15 is 0 Å². The van der Waals surface area contributed by atoms with Gasteiger partial charge in [0.1, 0.15) is 0 Å². The number of nitrogens with zero attached hydrogens (tertiary/aromatic N) is 1. The van der Waals surface area contributed by atoms with Gasteiger partial charge in [-0.2, -0.15) is 4.31 Å². The van der Waals surface area contributed by atoms with E-state index < -0.39 is 10.0 Å². The van der Waals surface area contributed by atoms with Crippen LogP contribution in [0.4, 0.5) is 0 Å². The molecule has 0 radical (unpaired) electrons. The molecule has 4 unspecified atom stereocenters. The Balaban J connectivity index is 0.00000280. The molecule has 4 atom stereocenters. The summed E-state index contributed by atoms with van der Waals surface area (Å²) < 4.78 is 27.7. The highest BCUT2D eigenvalue weighted by atomic mass is 35.5. The first-order valence-electron chi connectivity index (χ1n) is 9.92. The van der Waals surface area contributed by atoms with Crippen LogP contribution in [0.5, 0.6) is 0 Å². The molecule has 2 aliphatic rings. The van der Waals surface area contributed by atoms with Gasteiger partial charge in [-0.3, -0.25) is 4.79 Å². The minimum Gasteiger partial charge on any atom is -0.348 e. The molecule has 3 rings (SSSR count). The average Bonchev–Trinajstić information content (AvgIpc) is 2.63. The summed E-state index contributed by atoms with van der Waals surface area (Å²) in [7, 11) is -3.59. The lowest BCUT2D eigenvalue weighted by atomic mass is 9.94. The highest BCUT2D eigenvalue weighted by molar-refractivity contribution is 7.89. The van der Waals surface area contributed by atoms with Gasteiger partial charge in [-0.1, -0.05) is 19.9 Å². The Morgan fingerprint density at radius 1 is 1.18 bits per heavy atom. The summed E-state index contributed by atoms with van der Waals surface area (Å²) in [6.45, 7) is 8.27. The number of nitrogens with one attached hydrogen (secondary N) is 2. The van der Waals surface area contributed by atoms with Crippen molar-refractivity contribution in [3.8, 4) is 0 Å². The summed E-state index contributed by atoms with van der Waals surface area (Å²) in [5.41, 5.74) is 0.395. The standard InChI is InChI=1S/C20H31N3O3S.ClH/c1-14-10-15(2)13-23(12-14)27(25,26)18-7-4-6-17(11-18)20(24)22-19-8-5-9-21-16(19)3;/h4,6-7,11,14-16,19,21H,5,8-10,12-13H2,1-3H3,(H,22,24);1H. The second kappa shape index (κ2) is 9.57. The van der Waals surface area contributed by atoms with E-state index in [9.17, 15) is 13.2 Å². The summed E-state index contributed by atoms with van der Waals surface area (Å²) in [5, 5.41) is 6.41. The lowest BCUT2D eigenvalue weighted by molar-refractivity contribution is 0.0919. The fourth-order valence-corrected chi connectivity index (χ4v) is 5.97. The monoisotopic (exact) mass is 429 g/mol. The first kappa shape index (κ1) is 23.1. The van der Waals surface area contributed by atoms with Crippen LogP contribution in [0.25, 0.3) is 0 Å². The lowest BCUT2D eigenvalue weighted by Crippen LogP contribution is -2.51. The van der Waals surface area contributed by atoms with E-state index in [1.54, 1.807) is 22.5 Å². The number of hydrogen-bond donors (Lipinski definition) is 2. The zero-order valence-corrected chi connectivity index (χ0v) is 18.5. The summed E-state index contributed by atoms with van der Waals surface area (Å²) in [4.78, 5) is 12.9. The number of amides is 1. The van der Waals surface area contributed by atoms with Gasteiger partial charge < -0.3 is 10.6 Å². The van der Waals surface area contributed by atoms with Crippen LogP contribution in [-0.2, 0) is 10.0 Å². The third kappa shape index (κ3) is 5.26. The number of benzene rings is 1. The first-order valence-corrected chi connectivity index (χ1v) is 11.4. The quantitative estimate of drug-likeness (QED) is 0.771.